The van der Waals surface area contributed by atoms with Crippen LogP contribution in [0.2, 0.25) is 0 Å². The minimum atomic E-state index is -0.668. The summed E-state index contributed by atoms with van der Waals surface area (Å²) in [6, 6.07) is 7.69. The fourth-order valence-electron chi connectivity index (χ4n) is 10.5. The van der Waals surface area contributed by atoms with E-state index < -0.39 is 18.0 Å². The smallest absolute Gasteiger partial charge is 0.413 e. The van der Waals surface area contributed by atoms with Crippen LogP contribution in [0.25, 0.3) is 21.9 Å². The number of fused-ring (bicyclic) bond motifs is 3. The molecule has 16 heteroatoms. The zero-order valence-electron chi connectivity index (χ0n) is 34.5. The highest BCUT2D eigenvalue weighted by molar-refractivity contribution is 6.05. The topological polar surface area (TPSA) is 171 Å². The van der Waals surface area contributed by atoms with Gasteiger partial charge in [0.2, 0.25) is 17.7 Å². The van der Waals surface area contributed by atoms with Crippen LogP contribution in [0.3, 0.4) is 0 Å². The maximum absolute atomic E-state index is 15.3. The summed E-state index contributed by atoms with van der Waals surface area (Å²) in [6.45, 7) is 9.94. The number of hydrogen-bond donors (Lipinski definition) is 3. The van der Waals surface area contributed by atoms with Gasteiger partial charge in [-0.1, -0.05) is 0 Å². The van der Waals surface area contributed by atoms with Crippen molar-refractivity contribution in [3.05, 3.63) is 65.4 Å². The number of nitrogens with zero attached hydrogens (tertiary/aromatic N) is 6. The number of rotatable bonds is 7. The Morgan fingerprint density at radius 3 is 2.57 bits per heavy atom. The molecule has 10 rings (SSSR count). The highest BCUT2D eigenvalue weighted by Gasteiger charge is 2.48. The van der Waals surface area contributed by atoms with Crippen LogP contribution in [0.1, 0.15) is 85.9 Å². The van der Waals surface area contributed by atoms with Crippen molar-refractivity contribution in [2.45, 2.75) is 83.4 Å². The first-order valence-electron chi connectivity index (χ1n) is 21.6. The van der Waals surface area contributed by atoms with Crippen molar-refractivity contribution in [1.29, 1.82) is 0 Å². The number of piperidine rings is 3. The molecule has 5 aliphatic heterocycles. The maximum Gasteiger partial charge on any atom is 0.413 e. The Kier molecular flexibility index (Phi) is 9.99. The Bertz CT molecular complexity index is 2440. The van der Waals surface area contributed by atoms with Gasteiger partial charge in [0, 0.05) is 61.5 Å². The molecule has 8 heterocycles. The van der Waals surface area contributed by atoms with E-state index in [9.17, 15) is 19.2 Å². The van der Waals surface area contributed by atoms with Crippen LogP contribution in [-0.2, 0) is 14.3 Å². The molecule has 1 aliphatic carbocycles. The molecular formula is C45H50FN9O6. The van der Waals surface area contributed by atoms with E-state index in [1.807, 2.05) is 26.0 Å². The van der Waals surface area contributed by atoms with Gasteiger partial charge < -0.3 is 29.5 Å². The lowest BCUT2D eigenvalue weighted by molar-refractivity contribution is -0.137. The Labute approximate surface area is 352 Å². The number of anilines is 3. The fraction of sp³-hybridized carbons (Fsp3) is 0.489. The second-order valence-electron chi connectivity index (χ2n) is 17.8. The molecule has 0 bridgehead atoms. The Morgan fingerprint density at radius 1 is 0.984 bits per heavy atom. The Balaban J connectivity index is 0.677. The molecule has 4 fully saturated rings. The number of aromatic nitrogens is 3. The van der Waals surface area contributed by atoms with Gasteiger partial charge in [-0.3, -0.25) is 25.0 Å². The molecule has 2 atom stereocenters. The second kappa shape index (κ2) is 15.5. The normalized spacial score (nSPS) is 22.9. The predicted octanol–water partition coefficient (Wildman–Crippen LogP) is 5.98. The summed E-state index contributed by atoms with van der Waals surface area (Å²) in [7, 11) is 0. The van der Waals surface area contributed by atoms with Gasteiger partial charge >= 0.3 is 6.09 Å². The number of carbonyl (C=O) groups is 4. The number of imide groups is 1. The van der Waals surface area contributed by atoms with Crippen molar-refractivity contribution < 1.29 is 33.0 Å². The monoisotopic (exact) mass is 831 g/mol. The third-order valence-electron chi connectivity index (χ3n) is 14.0. The fourth-order valence-corrected chi connectivity index (χ4v) is 10.5. The van der Waals surface area contributed by atoms with Gasteiger partial charge in [0.15, 0.2) is 0 Å². The van der Waals surface area contributed by atoms with Crippen LogP contribution in [0.15, 0.2) is 42.7 Å². The Morgan fingerprint density at radius 2 is 1.79 bits per heavy atom. The number of carbonyl (C=O) groups excluding carboxylic acids is 4. The van der Waals surface area contributed by atoms with Crippen LogP contribution in [0, 0.1) is 24.1 Å². The number of hydrogen-bond acceptors (Lipinski definition) is 12. The van der Waals surface area contributed by atoms with Crippen molar-refractivity contribution in [2.75, 3.05) is 61.4 Å². The first-order chi connectivity index (χ1) is 29.5. The van der Waals surface area contributed by atoms with Crippen molar-refractivity contribution in [3.8, 4) is 17.0 Å². The molecule has 3 aromatic heterocycles. The van der Waals surface area contributed by atoms with E-state index in [-0.39, 0.29) is 41.6 Å². The van der Waals surface area contributed by atoms with Gasteiger partial charge in [0.25, 0.3) is 5.91 Å². The molecule has 61 heavy (non-hydrogen) atoms. The SMILES string of the molecule is Cc1c(-c2cc3cc(NC(=O)OC4CC5(CCN(CC6CCN(c7ccc8c(n7)C(C)N(C7CCC(=O)NC7=O)C8=O)CC6)CC5)C4)ncc3cc2F)cnc2c1NCCO2. The van der Waals surface area contributed by atoms with Crippen molar-refractivity contribution in [1.82, 2.24) is 30.1 Å². The average molecular weight is 832 g/mol. The van der Waals surface area contributed by atoms with Gasteiger partial charge in [0.05, 0.1) is 17.3 Å². The summed E-state index contributed by atoms with van der Waals surface area (Å²) in [5.74, 6) is 1.00. The standard InChI is InChI=1S/C45H50FN9O6/c1-25-33(23-49-42-39(25)47-11-16-60-42)32-17-28-19-36(48-22-29(28)18-34(32)46)50-44(59)61-30-20-45(21-30)9-14-53(15-10-45)24-27-7-12-54(13-8-27)37-5-3-31-40(51-37)26(2)55(43(31)58)35-4-6-38(56)52-41(35)57/h3,5,17-19,22-23,26-27,30,35,47H,4,6-16,20-21,24H2,1-2H3,(H,48,50,59)(H,52,56,57). The molecule has 2 unspecified atom stereocenters. The lowest BCUT2D eigenvalue weighted by Gasteiger charge is -2.51. The molecular weight excluding hydrogens is 782 g/mol. The number of likely N-dealkylation sites (tertiary alicyclic amines) is 1. The summed E-state index contributed by atoms with van der Waals surface area (Å²) in [5, 5.41) is 9.82. The molecule has 6 aliphatic rings. The van der Waals surface area contributed by atoms with E-state index in [1.165, 1.54) is 6.07 Å². The summed E-state index contributed by atoms with van der Waals surface area (Å²) >= 11 is 0. The third-order valence-corrected chi connectivity index (χ3v) is 14.0. The van der Waals surface area contributed by atoms with Crippen LogP contribution >= 0.6 is 0 Å². The van der Waals surface area contributed by atoms with Crippen molar-refractivity contribution >= 4 is 51.9 Å². The van der Waals surface area contributed by atoms with Crippen LogP contribution < -0.4 is 25.6 Å². The van der Waals surface area contributed by atoms with E-state index in [0.717, 1.165) is 93.7 Å². The quantitative estimate of drug-likeness (QED) is 0.187. The first kappa shape index (κ1) is 39.2. The van der Waals surface area contributed by atoms with Crippen molar-refractivity contribution in [2.24, 2.45) is 11.3 Å². The molecule has 3 N–H and O–H groups in total. The molecule has 4 aromatic rings. The van der Waals surface area contributed by atoms with Gasteiger partial charge in [-0.25, -0.2) is 24.1 Å². The largest absolute Gasteiger partial charge is 0.474 e. The molecule has 3 saturated heterocycles. The van der Waals surface area contributed by atoms with Crippen molar-refractivity contribution in [3.63, 3.8) is 0 Å². The number of amides is 4. The highest BCUT2D eigenvalue weighted by atomic mass is 19.1. The molecule has 1 aromatic carbocycles. The first-order valence-corrected chi connectivity index (χ1v) is 21.6. The second-order valence-corrected chi connectivity index (χ2v) is 17.8. The zero-order chi connectivity index (χ0) is 42.0. The number of ether oxygens (including phenoxy) is 2. The molecule has 15 nitrogen and oxygen atoms in total. The number of benzene rings is 1. The van der Waals surface area contributed by atoms with Crippen LogP contribution in [-0.4, -0.2) is 107 Å². The number of halogens is 1. The molecule has 1 saturated carbocycles. The van der Waals surface area contributed by atoms with E-state index in [1.54, 1.807) is 29.4 Å². The molecule has 4 amide bonds. The lowest BCUT2D eigenvalue weighted by atomic mass is 9.61. The van der Waals surface area contributed by atoms with E-state index in [4.69, 9.17) is 14.5 Å². The van der Waals surface area contributed by atoms with Crippen LogP contribution in [0.5, 0.6) is 5.88 Å². The molecule has 0 radical (unpaired) electrons. The summed E-state index contributed by atoms with van der Waals surface area (Å²) < 4.78 is 26.8. The molecule has 318 valence electrons. The van der Waals surface area contributed by atoms with E-state index in [2.05, 4.69) is 35.7 Å². The minimum Gasteiger partial charge on any atom is -0.474 e. The predicted molar refractivity (Wildman–Crippen MR) is 225 cm³/mol. The highest BCUT2D eigenvalue weighted by Crippen LogP contribution is 2.50. The lowest BCUT2D eigenvalue weighted by Crippen LogP contribution is -2.53. The van der Waals surface area contributed by atoms with Gasteiger partial charge in [-0.05, 0) is 124 Å². The van der Waals surface area contributed by atoms with E-state index >= 15 is 4.39 Å². The van der Waals surface area contributed by atoms with E-state index in [0.29, 0.717) is 65.0 Å². The summed E-state index contributed by atoms with van der Waals surface area (Å²) in [5.41, 5.74) is 4.13. The number of nitrogens with one attached hydrogen (secondary N) is 3. The van der Waals surface area contributed by atoms with Gasteiger partial charge in [-0.2, -0.15) is 0 Å². The third kappa shape index (κ3) is 7.38. The summed E-state index contributed by atoms with van der Waals surface area (Å²) in [6.07, 6.45) is 9.08. The van der Waals surface area contributed by atoms with Gasteiger partial charge in [-0.15, -0.1) is 0 Å². The minimum absolute atomic E-state index is 0.136. The molecule has 1 spiro atoms. The maximum atomic E-state index is 15.3. The van der Waals surface area contributed by atoms with Crippen LogP contribution in [0.4, 0.5) is 26.5 Å². The zero-order valence-corrected chi connectivity index (χ0v) is 34.5. The summed E-state index contributed by atoms with van der Waals surface area (Å²) in [4.78, 5) is 70.8. The Hall–Kier alpha value is -5.90. The van der Waals surface area contributed by atoms with Gasteiger partial charge in [0.1, 0.15) is 41.9 Å². The average Bonchev–Trinajstić information content (AvgIpc) is 3.49. The number of pyridine rings is 3.